The van der Waals surface area contributed by atoms with Gasteiger partial charge < -0.3 is 10.5 Å². The maximum absolute atomic E-state index is 5.71. The lowest BCUT2D eigenvalue weighted by molar-refractivity contribution is 0.104. The molecule has 2 N–H and O–H groups in total. The zero-order valence-corrected chi connectivity index (χ0v) is 10.0. The minimum absolute atomic E-state index is 0.00796. The van der Waals surface area contributed by atoms with Gasteiger partial charge in [-0.25, -0.2) is 4.98 Å². The van der Waals surface area contributed by atoms with E-state index >= 15 is 0 Å². The zero-order chi connectivity index (χ0) is 11.8. The molecule has 1 atom stereocenters. The van der Waals surface area contributed by atoms with Crippen molar-refractivity contribution in [3.05, 3.63) is 11.6 Å². The van der Waals surface area contributed by atoms with Gasteiger partial charge in [-0.1, -0.05) is 20.8 Å². The third kappa shape index (κ3) is 2.29. The maximum atomic E-state index is 5.71. The fraction of sp³-hybridized carbons (Fsp3) is 0.727. The Hall–Kier alpha value is -1.23. The summed E-state index contributed by atoms with van der Waals surface area (Å²) in [4.78, 5) is 12.8. The highest BCUT2D eigenvalue weighted by atomic mass is 16.5. The lowest BCUT2D eigenvalue weighted by Gasteiger charge is -2.18. The predicted octanol–water partition coefficient (Wildman–Crippen LogP) is 1.60. The van der Waals surface area contributed by atoms with Crippen LogP contribution in [0, 0.1) is 0 Å². The Kier molecular flexibility index (Phi) is 2.80. The number of aromatic nitrogens is 3. The summed E-state index contributed by atoms with van der Waals surface area (Å²) in [6.07, 6.45) is 2.01. The van der Waals surface area contributed by atoms with Crippen LogP contribution in [0.1, 0.15) is 51.4 Å². The van der Waals surface area contributed by atoms with E-state index in [1.54, 1.807) is 0 Å². The Labute approximate surface area is 95.5 Å². The fourth-order valence-electron chi connectivity index (χ4n) is 1.67. The number of rotatable bonds is 1. The van der Waals surface area contributed by atoms with E-state index in [4.69, 9.17) is 10.5 Å². The van der Waals surface area contributed by atoms with Crippen LogP contribution in [0.25, 0.3) is 0 Å². The van der Waals surface area contributed by atoms with Gasteiger partial charge in [0.25, 0.3) is 0 Å². The van der Waals surface area contributed by atoms with Crippen molar-refractivity contribution in [2.24, 2.45) is 0 Å². The average molecular weight is 222 g/mol. The quantitative estimate of drug-likeness (QED) is 0.781. The SMILES string of the molecule is CC(C)(C)c1nc(N)nc(C2CCCO2)n1. The predicted molar refractivity (Wildman–Crippen MR) is 60.9 cm³/mol. The van der Waals surface area contributed by atoms with E-state index in [-0.39, 0.29) is 17.5 Å². The highest BCUT2D eigenvalue weighted by molar-refractivity contribution is 5.20. The standard InChI is InChI=1S/C11H18N4O/c1-11(2,3)9-13-8(14-10(12)15-9)7-5-4-6-16-7/h7H,4-6H2,1-3H3,(H2,12,13,14,15). The molecular formula is C11H18N4O. The van der Waals surface area contributed by atoms with Crippen LogP contribution in [0.5, 0.6) is 0 Å². The molecular weight excluding hydrogens is 204 g/mol. The fourth-order valence-corrected chi connectivity index (χ4v) is 1.67. The molecule has 16 heavy (non-hydrogen) atoms. The summed E-state index contributed by atoms with van der Waals surface area (Å²) in [5.41, 5.74) is 5.59. The second-order valence-electron chi connectivity index (χ2n) is 5.13. The van der Waals surface area contributed by atoms with Crippen LogP contribution in [0.2, 0.25) is 0 Å². The van der Waals surface area contributed by atoms with Crippen LogP contribution in [-0.4, -0.2) is 21.6 Å². The first-order valence-electron chi connectivity index (χ1n) is 5.60. The van der Waals surface area contributed by atoms with Gasteiger partial charge in [0.05, 0.1) is 0 Å². The first kappa shape index (κ1) is 11.3. The molecule has 0 spiro atoms. The number of hydrogen-bond acceptors (Lipinski definition) is 5. The zero-order valence-electron chi connectivity index (χ0n) is 10.0. The molecule has 1 fully saturated rings. The summed E-state index contributed by atoms with van der Waals surface area (Å²) in [6.45, 7) is 6.95. The molecule has 0 bridgehead atoms. The van der Waals surface area contributed by atoms with Gasteiger partial charge in [0.2, 0.25) is 5.95 Å². The van der Waals surface area contributed by atoms with Crippen LogP contribution >= 0.6 is 0 Å². The number of hydrogen-bond donors (Lipinski definition) is 1. The van der Waals surface area contributed by atoms with Crippen molar-refractivity contribution < 1.29 is 4.74 Å². The van der Waals surface area contributed by atoms with E-state index in [0.717, 1.165) is 25.3 Å². The molecule has 1 saturated heterocycles. The first-order valence-corrected chi connectivity index (χ1v) is 5.60. The Morgan fingerprint density at radius 2 is 2.00 bits per heavy atom. The number of anilines is 1. The summed E-state index contributed by atoms with van der Waals surface area (Å²) in [5, 5.41) is 0. The van der Waals surface area contributed by atoms with Crippen molar-refractivity contribution in [2.75, 3.05) is 12.3 Å². The molecule has 1 aliphatic rings. The van der Waals surface area contributed by atoms with Crippen molar-refractivity contribution in [1.82, 2.24) is 15.0 Å². The van der Waals surface area contributed by atoms with Gasteiger partial charge in [-0.05, 0) is 12.8 Å². The highest BCUT2D eigenvalue weighted by Gasteiger charge is 2.25. The van der Waals surface area contributed by atoms with Gasteiger partial charge in [0.15, 0.2) is 5.82 Å². The highest BCUT2D eigenvalue weighted by Crippen LogP contribution is 2.27. The molecule has 0 radical (unpaired) electrons. The van der Waals surface area contributed by atoms with Crippen LogP contribution in [0.15, 0.2) is 0 Å². The Bertz CT molecular complexity index is 380. The molecule has 88 valence electrons. The third-order valence-electron chi connectivity index (χ3n) is 2.56. The second-order valence-corrected chi connectivity index (χ2v) is 5.13. The molecule has 5 nitrogen and oxygen atoms in total. The van der Waals surface area contributed by atoms with Gasteiger partial charge in [0, 0.05) is 12.0 Å². The third-order valence-corrected chi connectivity index (χ3v) is 2.56. The molecule has 0 aromatic carbocycles. The second kappa shape index (κ2) is 3.97. The lowest BCUT2D eigenvalue weighted by Crippen LogP contribution is -2.20. The molecule has 2 heterocycles. The normalized spacial score (nSPS) is 21.3. The molecule has 5 heteroatoms. The summed E-state index contributed by atoms with van der Waals surface area (Å²) >= 11 is 0. The van der Waals surface area contributed by atoms with E-state index in [2.05, 4.69) is 35.7 Å². The summed E-state index contributed by atoms with van der Waals surface area (Å²) in [7, 11) is 0. The summed E-state index contributed by atoms with van der Waals surface area (Å²) in [5.74, 6) is 1.69. The molecule has 1 aromatic heterocycles. The van der Waals surface area contributed by atoms with E-state index in [1.807, 2.05) is 0 Å². The van der Waals surface area contributed by atoms with Crippen molar-refractivity contribution in [2.45, 2.75) is 45.1 Å². The largest absolute Gasteiger partial charge is 0.370 e. The van der Waals surface area contributed by atoms with Crippen LogP contribution in [0.4, 0.5) is 5.95 Å². The summed E-state index contributed by atoms with van der Waals surface area (Å²) < 4.78 is 5.55. The Balaban J connectivity index is 2.35. The van der Waals surface area contributed by atoms with Crippen molar-refractivity contribution >= 4 is 5.95 Å². The van der Waals surface area contributed by atoms with E-state index in [0.29, 0.717) is 5.82 Å². The molecule has 0 aliphatic carbocycles. The topological polar surface area (TPSA) is 73.9 Å². The Morgan fingerprint density at radius 3 is 2.56 bits per heavy atom. The number of nitrogens with two attached hydrogens (primary N) is 1. The summed E-state index contributed by atoms with van der Waals surface area (Å²) in [6, 6.07) is 0. The monoisotopic (exact) mass is 222 g/mol. The van der Waals surface area contributed by atoms with Crippen molar-refractivity contribution in [1.29, 1.82) is 0 Å². The van der Waals surface area contributed by atoms with Crippen LogP contribution in [0.3, 0.4) is 0 Å². The van der Waals surface area contributed by atoms with Crippen LogP contribution < -0.4 is 5.73 Å². The van der Waals surface area contributed by atoms with Crippen molar-refractivity contribution in [3.8, 4) is 0 Å². The number of ether oxygens (including phenoxy) is 1. The van der Waals surface area contributed by atoms with Gasteiger partial charge >= 0.3 is 0 Å². The van der Waals surface area contributed by atoms with E-state index < -0.39 is 0 Å². The minimum atomic E-state index is -0.121. The molecule has 1 aliphatic heterocycles. The lowest BCUT2D eigenvalue weighted by atomic mass is 9.96. The van der Waals surface area contributed by atoms with E-state index in [9.17, 15) is 0 Å². The molecule has 0 amide bonds. The van der Waals surface area contributed by atoms with Gasteiger partial charge in [-0.15, -0.1) is 0 Å². The Morgan fingerprint density at radius 1 is 1.25 bits per heavy atom. The average Bonchev–Trinajstić information content (AvgIpc) is 2.68. The number of nitrogen functional groups attached to an aromatic ring is 1. The van der Waals surface area contributed by atoms with Crippen LogP contribution in [-0.2, 0) is 10.2 Å². The van der Waals surface area contributed by atoms with Gasteiger partial charge in [-0.3, -0.25) is 0 Å². The van der Waals surface area contributed by atoms with Gasteiger partial charge in [0.1, 0.15) is 11.9 Å². The molecule has 1 aromatic rings. The molecule has 1 unspecified atom stereocenters. The van der Waals surface area contributed by atoms with Crippen molar-refractivity contribution in [3.63, 3.8) is 0 Å². The number of nitrogens with zero attached hydrogens (tertiary/aromatic N) is 3. The smallest absolute Gasteiger partial charge is 0.223 e. The van der Waals surface area contributed by atoms with E-state index in [1.165, 1.54) is 0 Å². The molecule has 2 rings (SSSR count). The maximum Gasteiger partial charge on any atom is 0.223 e. The van der Waals surface area contributed by atoms with Gasteiger partial charge in [-0.2, -0.15) is 9.97 Å². The first-order chi connectivity index (χ1) is 7.47. The minimum Gasteiger partial charge on any atom is -0.370 e. The molecule has 0 saturated carbocycles.